The lowest BCUT2D eigenvalue weighted by molar-refractivity contribution is 0.102. The summed E-state index contributed by atoms with van der Waals surface area (Å²) in [5, 5.41) is 3.15. The molecule has 0 unspecified atom stereocenters. The van der Waals surface area contributed by atoms with Crippen molar-refractivity contribution in [2.75, 3.05) is 12.4 Å². The van der Waals surface area contributed by atoms with E-state index < -0.39 is 0 Å². The smallest absolute Gasteiger partial charge is 0.273 e. The Morgan fingerprint density at radius 3 is 2.30 bits per heavy atom. The molecule has 2 aromatic heterocycles. The normalized spacial score (nSPS) is 12.9. The van der Waals surface area contributed by atoms with Crippen molar-refractivity contribution in [2.24, 2.45) is 0 Å². The Labute approximate surface area is 217 Å². The van der Waals surface area contributed by atoms with Crippen molar-refractivity contribution in [3.05, 3.63) is 101 Å². The molecule has 3 aromatic carbocycles. The summed E-state index contributed by atoms with van der Waals surface area (Å²) in [5.41, 5.74) is 10.6. The van der Waals surface area contributed by atoms with E-state index in [0.29, 0.717) is 17.1 Å². The van der Waals surface area contributed by atoms with E-state index >= 15 is 0 Å². The number of rotatable bonds is 5. The zero-order valence-electron chi connectivity index (χ0n) is 21.5. The Hall–Kier alpha value is -4.25. The molecule has 0 radical (unpaired) electrons. The zero-order valence-corrected chi connectivity index (χ0v) is 21.5. The third kappa shape index (κ3) is 4.10. The summed E-state index contributed by atoms with van der Waals surface area (Å²) in [4.78, 5) is 14.0. The minimum atomic E-state index is -0.127. The molecule has 5 heteroatoms. The van der Waals surface area contributed by atoms with Crippen LogP contribution in [-0.2, 0) is 13.0 Å². The van der Waals surface area contributed by atoms with Crippen molar-refractivity contribution in [3.63, 3.8) is 0 Å². The molecular formula is C32H31N3O2. The summed E-state index contributed by atoms with van der Waals surface area (Å²) in [6.45, 7) is 5.13. The largest absolute Gasteiger partial charge is 0.497 e. The van der Waals surface area contributed by atoms with Gasteiger partial charge in [0.25, 0.3) is 5.91 Å². The van der Waals surface area contributed by atoms with Crippen LogP contribution in [0.3, 0.4) is 0 Å². The Bertz CT molecular complexity index is 1610. The van der Waals surface area contributed by atoms with Crippen LogP contribution < -0.4 is 10.1 Å². The van der Waals surface area contributed by atoms with E-state index in [1.165, 1.54) is 16.7 Å². The Kier molecular flexibility index (Phi) is 5.84. The van der Waals surface area contributed by atoms with Crippen LogP contribution in [0.4, 0.5) is 5.69 Å². The predicted molar refractivity (Wildman–Crippen MR) is 150 cm³/mol. The third-order valence-corrected chi connectivity index (χ3v) is 7.36. The molecule has 0 bridgehead atoms. The number of hydrogen-bond acceptors (Lipinski definition) is 2. The lowest BCUT2D eigenvalue weighted by atomic mass is 9.97. The minimum Gasteiger partial charge on any atom is -0.497 e. The van der Waals surface area contributed by atoms with Gasteiger partial charge in [-0.2, -0.15) is 0 Å². The number of amides is 1. The molecule has 37 heavy (non-hydrogen) atoms. The highest BCUT2D eigenvalue weighted by atomic mass is 16.5. The van der Waals surface area contributed by atoms with Gasteiger partial charge in [-0.1, -0.05) is 65.7 Å². The first-order valence-electron chi connectivity index (χ1n) is 12.9. The van der Waals surface area contributed by atoms with Gasteiger partial charge in [-0.25, -0.2) is 0 Å². The van der Waals surface area contributed by atoms with Crippen LogP contribution >= 0.6 is 0 Å². The van der Waals surface area contributed by atoms with Crippen LogP contribution in [-0.4, -0.2) is 22.0 Å². The quantitative estimate of drug-likeness (QED) is 0.282. The number of imidazole rings is 1. The van der Waals surface area contributed by atoms with Gasteiger partial charge in [-0.3, -0.25) is 9.20 Å². The van der Waals surface area contributed by atoms with E-state index in [0.717, 1.165) is 53.8 Å². The number of carbonyl (C=O) groups excluding carboxylic acids is 1. The van der Waals surface area contributed by atoms with Gasteiger partial charge in [0.05, 0.1) is 12.8 Å². The fraction of sp³-hybridized carbons (Fsp3) is 0.219. The number of methoxy groups -OCH3 is 1. The second kappa shape index (κ2) is 9.32. The topological polar surface area (TPSA) is 47.7 Å². The molecule has 1 aliphatic heterocycles. The number of aryl methyl sites for hydroxylation is 4. The maximum atomic E-state index is 14.0. The predicted octanol–water partition coefficient (Wildman–Crippen LogP) is 7.29. The van der Waals surface area contributed by atoms with Crippen LogP contribution in [0, 0.1) is 13.8 Å². The molecule has 0 aliphatic carbocycles. The number of benzene rings is 3. The van der Waals surface area contributed by atoms with Crippen LogP contribution in [0.5, 0.6) is 5.75 Å². The van der Waals surface area contributed by atoms with E-state index in [4.69, 9.17) is 4.74 Å². The van der Waals surface area contributed by atoms with Crippen LogP contribution in [0.15, 0.2) is 79.0 Å². The lowest BCUT2D eigenvalue weighted by Crippen LogP contribution is -2.15. The van der Waals surface area contributed by atoms with Crippen LogP contribution in [0.1, 0.15) is 40.0 Å². The maximum absolute atomic E-state index is 14.0. The van der Waals surface area contributed by atoms with Gasteiger partial charge in [0.2, 0.25) is 0 Å². The summed E-state index contributed by atoms with van der Waals surface area (Å²) in [6.07, 6.45) is 5.28. The molecule has 6 rings (SSSR count). The summed E-state index contributed by atoms with van der Waals surface area (Å²) in [5.74, 6) is 0.582. The van der Waals surface area contributed by atoms with E-state index in [1.807, 2.05) is 24.3 Å². The highest BCUT2D eigenvalue weighted by molar-refractivity contribution is 6.10. The first kappa shape index (κ1) is 23.2. The molecule has 5 aromatic rings. The van der Waals surface area contributed by atoms with Crippen molar-refractivity contribution >= 4 is 17.2 Å². The minimum absolute atomic E-state index is 0.127. The molecule has 1 N–H and O–H groups in total. The highest BCUT2D eigenvalue weighted by Crippen LogP contribution is 2.40. The van der Waals surface area contributed by atoms with Crippen molar-refractivity contribution in [2.45, 2.75) is 39.7 Å². The lowest BCUT2D eigenvalue weighted by Gasteiger charge is -2.11. The molecule has 5 nitrogen and oxygen atoms in total. The fourth-order valence-corrected chi connectivity index (χ4v) is 5.49. The molecule has 0 atom stereocenters. The molecule has 0 fully saturated rings. The first-order valence-corrected chi connectivity index (χ1v) is 12.9. The van der Waals surface area contributed by atoms with Crippen molar-refractivity contribution in [1.82, 2.24) is 8.97 Å². The SMILES string of the molecule is COc1cccc(NC(=O)c2c(-c3ccc(C)cc3)c3c4n(c(-c5ccc(C)cc5)cn24)CCCC3)c1. The average Bonchev–Trinajstić information content (AvgIpc) is 3.32. The van der Waals surface area contributed by atoms with Gasteiger partial charge in [0, 0.05) is 35.6 Å². The number of nitrogens with zero attached hydrogens (tertiary/aromatic N) is 2. The van der Waals surface area contributed by atoms with Gasteiger partial charge in [0.1, 0.15) is 17.1 Å². The van der Waals surface area contributed by atoms with Crippen molar-refractivity contribution < 1.29 is 9.53 Å². The third-order valence-electron chi connectivity index (χ3n) is 7.36. The van der Waals surface area contributed by atoms with Crippen LogP contribution in [0.2, 0.25) is 0 Å². The van der Waals surface area contributed by atoms with Gasteiger partial charge in [-0.05, 0) is 56.4 Å². The second-order valence-corrected chi connectivity index (χ2v) is 9.94. The number of anilines is 1. The number of nitrogens with one attached hydrogen (secondary N) is 1. The summed E-state index contributed by atoms with van der Waals surface area (Å²) in [6, 6.07) is 24.7. The second-order valence-electron chi connectivity index (χ2n) is 9.94. The van der Waals surface area contributed by atoms with E-state index in [2.05, 4.69) is 82.9 Å². The monoisotopic (exact) mass is 489 g/mol. The van der Waals surface area contributed by atoms with Gasteiger partial charge < -0.3 is 14.6 Å². The van der Waals surface area contributed by atoms with Crippen molar-refractivity contribution in [3.8, 4) is 28.1 Å². The molecule has 0 spiro atoms. The Balaban J connectivity index is 1.59. The molecule has 3 heterocycles. The molecular weight excluding hydrogens is 458 g/mol. The fourth-order valence-electron chi connectivity index (χ4n) is 5.49. The number of aromatic nitrogens is 2. The Morgan fingerprint density at radius 2 is 1.59 bits per heavy atom. The van der Waals surface area contributed by atoms with Crippen LogP contribution in [0.25, 0.3) is 28.0 Å². The summed E-state index contributed by atoms with van der Waals surface area (Å²) >= 11 is 0. The highest BCUT2D eigenvalue weighted by Gasteiger charge is 2.29. The molecule has 1 aliphatic rings. The molecule has 186 valence electrons. The summed E-state index contributed by atoms with van der Waals surface area (Å²) in [7, 11) is 1.63. The van der Waals surface area contributed by atoms with E-state index in [9.17, 15) is 4.79 Å². The van der Waals surface area contributed by atoms with Gasteiger partial charge >= 0.3 is 0 Å². The van der Waals surface area contributed by atoms with Gasteiger partial charge in [0.15, 0.2) is 0 Å². The number of carbonyl (C=O) groups is 1. The first-order chi connectivity index (χ1) is 18.0. The van der Waals surface area contributed by atoms with E-state index in [-0.39, 0.29) is 5.91 Å². The van der Waals surface area contributed by atoms with Gasteiger partial charge in [-0.15, -0.1) is 0 Å². The van der Waals surface area contributed by atoms with Crippen molar-refractivity contribution in [1.29, 1.82) is 0 Å². The number of ether oxygens (including phenoxy) is 1. The molecule has 0 saturated carbocycles. The standard InChI is InChI=1S/C32H31N3O2/c1-21-10-14-23(15-11-21)28-20-35-30(31(36)33-25-7-6-8-26(19-25)37-3)29(24-16-12-22(2)13-17-24)27-9-4-5-18-34(28)32(27)35/h6-8,10-17,19-20H,4-5,9,18H2,1-3H3,(H,33,36). The molecule has 0 saturated heterocycles. The Morgan fingerprint density at radius 1 is 0.892 bits per heavy atom. The van der Waals surface area contributed by atoms with E-state index in [1.54, 1.807) is 7.11 Å². The average molecular weight is 490 g/mol. The zero-order chi connectivity index (χ0) is 25.5. The summed E-state index contributed by atoms with van der Waals surface area (Å²) < 4.78 is 9.91. The molecule has 1 amide bonds. The number of hydrogen-bond donors (Lipinski definition) is 1. The maximum Gasteiger partial charge on any atom is 0.273 e.